The number of carbonyl (C=O) groups is 2. The molecule has 26 heavy (non-hydrogen) atoms. The van der Waals surface area contributed by atoms with E-state index in [-0.39, 0.29) is 17.7 Å². The molecule has 0 radical (unpaired) electrons. The Morgan fingerprint density at radius 2 is 1.81 bits per heavy atom. The summed E-state index contributed by atoms with van der Waals surface area (Å²) in [6.45, 7) is 1.56. The number of halogens is 1. The highest BCUT2D eigenvalue weighted by Crippen LogP contribution is 2.21. The maximum absolute atomic E-state index is 12.2. The first kappa shape index (κ1) is 17.9. The summed E-state index contributed by atoms with van der Waals surface area (Å²) in [5.41, 5.74) is 1.87. The van der Waals surface area contributed by atoms with Crippen LogP contribution in [0, 0.1) is 0 Å². The lowest BCUT2D eigenvalue weighted by Crippen LogP contribution is -2.39. The second-order valence-corrected chi connectivity index (χ2v) is 6.16. The minimum Gasteiger partial charge on any atom is -0.459 e. The van der Waals surface area contributed by atoms with Gasteiger partial charge in [0.2, 0.25) is 0 Å². The molecule has 6 heteroatoms. The Bertz CT molecular complexity index is 944. The number of hydrogen-bond donors (Lipinski definition) is 1. The van der Waals surface area contributed by atoms with Gasteiger partial charge in [-0.25, -0.2) is 9.78 Å². The van der Waals surface area contributed by atoms with Crippen molar-refractivity contribution in [2.45, 2.75) is 19.6 Å². The van der Waals surface area contributed by atoms with Crippen LogP contribution in [0.15, 0.2) is 60.7 Å². The summed E-state index contributed by atoms with van der Waals surface area (Å²) < 4.78 is 5.28. The second-order valence-electron chi connectivity index (χ2n) is 5.80. The van der Waals surface area contributed by atoms with E-state index in [0.29, 0.717) is 11.1 Å². The fraction of sp³-hybridized carbons (Fsp3) is 0.150. The summed E-state index contributed by atoms with van der Waals surface area (Å²) in [7, 11) is 0. The van der Waals surface area contributed by atoms with E-state index in [1.807, 2.05) is 36.4 Å². The Kier molecular flexibility index (Phi) is 5.49. The van der Waals surface area contributed by atoms with Crippen LogP contribution < -0.4 is 5.32 Å². The molecule has 0 unspecified atom stereocenters. The van der Waals surface area contributed by atoms with Gasteiger partial charge in [0.1, 0.15) is 17.8 Å². The zero-order valence-electron chi connectivity index (χ0n) is 14.1. The number of ether oxygens (including phenoxy) is 1. The van der Waals surface area contributed by atoms with Crippen molar-refractivity contribution in [1.29, 1.82) is 0 Å². The summed E-state index contributed by atoms with van der Waals surface area (Å²) in [5.74, 6) is -0.876. The molecule has 5 nitrogen and oxygen atoms in total. The number of pyridine rings is 1. The van der Waals surface area contributed by atoms with Gasteiger partial charge in [-0.05, 0) is 31.2 Å². The van der Waals surface area contributed by atoms with Crippen molar-refractivity contribution < 1.29 is 14.3 Å². The van der Waals surface area contributed by atoms with E-state index >= 15 is 0 Å². The minimum absolute atomic E-state index is 0.0128. The van der Waals surface area contributed by atoms with Crippen LogP contribution in [0.4, 0.5) is 0 Å². The van der Waals surface area contributed by atoms with Gasteiger partial charge in [-0.15, -0.1) is 0 Å². The Balaban J connectivity index is 1.61. The summed E-state index contributed by atoms with van der Waals surface area (Å²) in [4.78, 5) is 28.5. The largest absolute Gasteiger partial charge is 0.459 e. The molecule has 0 aliphatic heterocycles. The van der Waals surface area contributed by atoms with Crippen LogP contribution in [0.1, 0.15) is 22.8 Å². The zero-order valence-corrected chi connectivity index (χ0v) is 14.9. The van der Waals surface area contributed by atoms with Gasteiger partial charge in [0.05, 0.1) is 5.52 Å². The molecule has 1 N–H and O–H groups in total. The van der Waals surface area contributed by atoms with Crippen LogP contribution >= 0.6 is 11.6 Å². The van der Waals surface area contributed by atoms with Gasteiger partial charge in [0.15, 0.2) is 0 Å². The van der Waals surface area contributed by atoms with Crippen LogP contribution in [-0.2, 0) is 16.1 Å². The second kappa shape index (κ2) is 7.97. The molecular formula is C20H17ClN2O3. The van der Waals surface area contributed by atoms with Crippen molar-refractivity contribution in [3.05, 3.63) is 76.9 Å². The number of fused-ring (bicyclic) bond motifs is 1. The normalized spacial score (nSPS) is 11.8. The molecule has 0 bridgehead atoms. The Labute approximate surface area is 156 Å². The number of aromatic nitrogens is 1. The van der Waals surface area contributed by atoms with Crippen LogP contribution in [-0.4, -0.2) is 22.9 Å². The number of rotatable bonds is 5. The number of amides is 1. The Hall–Kier alpha value is -2.92. The summed E-state index contributed by atoms with van der Waals surface area (Å²) >= 11 is 6.16. The molecule has 0 saturated carbocycles. The third kappa shape index (κ3) is 4.18. The highest BCUT2D eigenvalue weighted by atomic mass is 35.5. The molecule has 1 atom stereocenters. The molecule has 1 amide bonds. The van der Waals surface area contributed by atoms with Crippen molar-refractivity contribution in [2.75, 3.05) is 0 Å². The number of esters is 1. The van der Waals surface area contributed by atoms with Gasteiger partial charge in [0.25, 0.3) is 5.91 Å². The number of para-hydroxylation sites is 1. The molecule has 0 spiro atoms. The average Bonchev–Trinajstić information content (AvgIpc) is 2.66. The minimum atomic E-state index is -0.783. The Morgan fingerprint density at radius 3 is 2.58 bits per heavy atom. The quantitative estimate of drug-likeness (QED) is 0.550. The van der Waals surface area contributed by atoms with Gasteiger partial charge in [-0.1, -0.05) is 48.0 Å². The fourth-order valence-corrected chi connectivity index (χ4v) is 2.64. The van der Waals surface area contributed by atoms with Crippen molar-refractivity contribution in [3.63, 3.8) is 0 Å². The van der Waals surface area contributed by atoms with Crippen molar-refractivity contribution >= 4 is 34.4 Å². The lowest BCUT2D eigenvalue weighted by Gasteiger charge is -2.14. The number of benzene rings is 2. The van der Waals surface area contributed by atoms with E-state index in [1.54, 1.807) is 31.2 Å². The van der Waals surface area contributed by atoms with Crippen LogP contribution in [0.25, 0.3) is 10.9 Å². The number of hydrogen-bond acceptors (Lipinski definition) is 4. The van der Waals surface area contributed by atoms with Crippen LogP contribution in [0.5, 0.6) is 0 Å². The standard InChI is InChI=1S/C20H17ClN2O3/c1-13(22-19(24)14-7-3-2-4-8-14)20(25)26-12-16-11-15-9-5-6-10-17(15)23-18(16)21/h2-11,13H,12H2,1H3,(H,22,24)/t13-/m0/s1. The highest BCUT2D eigenvalue weighted by molar-refractivity contribution is 6.30. The first-order valence-electron chi connectivity index (χ1n) is 8.11. The van der Waals surface area contributed by atoms with E-state index in [2.05, 4.69) is 10.3 Å². The molecule has 132 valence electrons. The summed E-state index contributed by atoms with van der Waals surface area (Å²) in [6.07, 6.45) is 0. The van der Waals surface area contributed by atoms with Crippen molar-refractivity contribution in [2.24, 2.45) is 0 Å². The number of nitrogens with zero attached hydrogens (tertiary/aromatic N) is 1. The first-order chi connectivity index (χ1) is 12.5. The van der Waals surface area contributed by atoms with Gasteiger partial charge in [0, 0.05) is 16.5 Å². The van der Waals surface area contributed by atoms with E-state index in [0.717, 1.165) is 10.9 Å². The topological polar surface area (TPSA) is 68.3 Å². The van der Waals surface area contributed by atoms with Gasteiger partial charge < -0.3 is 10.1 Å². The third-order valence-electron chi connectivity index (χ3n) is 3.86. The van der Waals surface area contributed by atoms with Crippen LogP contribution in [0.2, 0.25) is 5.15 Å². The smallest absolute Gasteiger partial charge is 0.328 e. The SMILES string of the molecule is C[C@H](NC(=O)c1ccccc1)C(=O)OCc1cc2ccccc2nc1Cl. The predicted molar refractivity (Wildman–Crippen MR) is 99.9 cm³/mol. The molecule has 3 aromatic rings. The third-order valence-corrected chi connectivity index (χ3v) is 4.18. The predicted octanol–water partition coefficient (Wildman–Crippen LogP) is 3.75. The molecule has 2 aromatic carbocycles. The molecule has 0 fully saturated rings. The van der Waals surface area contributed by atoms with E-state index in [9.17, 15) is 9.59 Å². The first-order valence-corrected chi connectivity index (χ1v) is 8.49. The molecule has 0 aliphatic rings. The molecule has 0 saturated heterocycles. The molecular weight excluding hydrogens is 352 g/mol. The Morgan fingerprint density at radius 1 is 1.12 bits per heavy atom. The average molecular weight is 369 g/mol. The molecule has 0 aliphatic carbocycles. The summed E-state index contributed by atoms with van der Waals surface area (Å²) in [5, 5.41) is 3.81. The number of nitrogens with one attached hydrogen (secondary N) is 1. The maximum Gasteiger partial charge on any atom is 0.328 e. The summed E-state index contributed by atoms with van der Waals surface area (Å²) in [6, 6.07) is 17.3. The fourth-order valence-electron chi connectivity index (χ4n) is 2.44. The van der Waals surface area contributed by atoms with E-state index in [4.69, 9.17) is 16.3 Å². The van der Waals surface area contributed by atoms with Crippen LogP contribution in [0.3, 0.4) is 0 Å². The van der Waals surface area contributed by atoms with Gasteiger partial charge >= 0.3 is 5.97 Å². The highest BCUT2D eigenvalue weighted by Gasteiger charge is 2.18. The lowest BCUT2D eigenvalue weighted by atomic mass is 10.2. The van der Waals surface area contributed by atoms with Crippen molar-refractivity contribution in [3.8, 4) is 0 Å². The zero-order chi connectivity index (χ0) is 18.5. The molecule has 3 rings (SSSR count). The maximum atomic E-state index is 12.2. The van der Waals surface area contributed by atoms with E-state index in [1.165, 1.54) is 0 Å². The van der Waals surface area contributed by atoms with E-state index < -0.39 is 12.0 Å². The van der Waals surface area contributed by atoms with Gasteiger partial charge in [-0.2, -0.15) is 0 Å². The molecule has 1 heterocycles. The monoisotopic (exact) mass is 368 g/mol. The van der Waals surface area contributed by atoms with Gasteiger partial charge in [-0.3, -0.25) is 4.79 Å². The lowest BCUT2D eigenvalue weighted by molar-refractivity contribution is -0.146. The van der Waals surface area contributed by atoms with Crippen molar-refractivity contribution in [1.82, 2.24) is 10.3 Å². The number of carbonyl (C=O) groups excluding carboxylic acids is 2. The molecule has 1 aromatic heterocycles.